The highest BCUT2D eigenvalue weighted by atomic mass is 35.5. The number of aromatic nitrogens is 3. The van der Waals surface area contributed by atoms with Gasteiger partial charge in [-0.05, 0) is 18.2 Å². The normalized spacial score (nSPS) is 16.2. The topological polar surface area (TPSA) is 105 Å². The molecule has 5 heterocycles. The fraction of sp³-hybridized carbons (Fsp3) is 0.391. The number of carbonyl (C=O) groups excluding carboxylic acids is 1. The molecule has 0 aliphatic carbocycles. The molecule has 0 bridgehead atoms. The number of anilines is 2. The highest BCUT2D eigenvalue weighted by molar-refractivity contribution is 6.34. The Morgan fingerprint density at radius 1 is 1.21 bits per heavy atom. The Labute approximate surface area is 202 Å². The lowest BCUT2D eigenvalue weighted by molar-refractivity contribution is -0.118. The van der Waals surface area contributed by atoms with Gasteiger partial charge in [-0.15, -0.1) is 0 Å². The van der Waals surface area contributed by atoms with Gasteiger partial charge in [-0.3, -0.25) is 9.69 Å². The van der Waals surface area contributed by atoms with Crippen LogP contribution in [0.15, 0.2) is 30.6 Å². The Bertz CT molecular complexity index is 1200. The van der Waals surface area contributed by atoms with E-state index in [2.05, 4.69) is 35.4 Å². The van der Waals surface area contributed by atoms with Crippen LogP contribution in [0.2, 0.25) is 5.02 Å². The van der Waals surface area contributed by atoms with Crippen LogP contribution in [0.1, 0.15) is 5.69 Å². The lowest BCUT2D eigenvalue weighted by Crippen LogP contribution is -2.48. The molecule has 0 spiro atoms. The van der Waals surface area contributed by atoms with Crippen LogP contribution in [0.3, 0.4) is 0 Å². The maximum absolute atomic E-state index is 11.5. The zero-order valence-corrected chi connectivity index (χ0v) is 19.6. The maximum Gasteiger partial charge on any atom is 0.263 e. The summed E-state index contributed by atoms with van der Waals surface area (Å²) in [7, 11) is 1.63. The molecule has 0 aromatic carbocycles. The van der Waals surface area contributed by atoms with Crippen LogP contribution in [0.25, 0.3) is 11.0 Å². The van der Waals surface area contributed by atoms with Gasteiger partial charge >= 0.3 is 0 Å². The lowest BCUT2D eigenvalue weighted by atomic mass is 10.2. The van der Waals surface area contributed by atoms with Gasteiger partial charge in [0.15, 0.2) is 23.8 Å². The second-order valence-electron chi connectivity index (χ2n) is 8.19. The van der Waals surface area contributed by atoms with E-state index in [1.54, 1.807) is 19.5 Å². The maximum atomic E-state index is 11.5. The van der Waals surface area contributed by atoms with Crippen molar-refractivity contribution in [1.29, 1.82) is 0 Å². The number of fused-ring (bicyclic) bond motifs is 2. The van der Waals surface area contributed by atoms with E-state index in [4.69, 9.17) is 21.1 Å². The quantitative estimate of drug-likeness (QED) is 0.487. The predicted molar refractivity (Wildman–Crippen MR) is 130 cm³/mol. The standard InChI is InChI=1S/C23H26ClN7O3/c1-33-16-10-17-21(18(24)13-27-22(17)26-12-16)31-8-6-30(7-9-31)5-4-25-11-15-2-3-19-23(28-15)29-20(32)14-34-19/h2-3,10,12-13,25H,4-9,11,14H2,1H3,(H,28,29,32). The average molecular weight is 484 g/mol. The van der Waals surface area contributed by atoms with E-state index in [1.165, 1.54) is 0 Å². The number of nitrogens with one attached hydrogen (secondary N) is 2. The molecule has 0 unspecified atom stereocenters. The molecular weight excluding hydrogens is 458 g/mol. The first-order valence-electron chi connectivity index (χ1n) is 11.2. The van der Waals surface area contributed by atoms with Gasteiger partial charge in [0.25, 0.3) is 5.91 Å². The van der Waals surface area contributed by atoms with Crippen LogP contribution in [0.4, 0.5) is 11.5 Å². The fourth-order valence-electron chi connectivity index (χ4n) is 4.21. The molecule has 178 valence electrons. The SMILES string of the molecule is COc1cnc2ncc(Cl)c(N3CCN(CCNCc4ccc5c(n4)NC(=O)CO5)CC3)c2c1. The molecule has 2 aliphatic rings. The van der Waals surface area contributed by atoms with E-state index in [0.717, 1.165) is 56.0 Å². The molecule has 2 N–H and O–H groups in total. The van der Waals surface area contributed by atoms with Crippen molar-refractivity contribution in [3.05, 3.63) is 41.3 Å². The Hall–Kier alpha value is -3.21. The number of halogens is 1. The molecule has 1 fully saturated rings. The Morgan fingerprint density at radius 2 is 2.03 bits per heavy atom. The van der Waals surface area contributed by atoms with E-state index in [-0.39, 0.29) is 12.5 Å². The van der Waals surface area contributed by atoms with Crippen molar-refractivity contribution >= 4 is 40.0 Å². The van der Waals surface area contributed by atoms with Gasteiger partial charge in [-0.25, -0.2) is 15.0 Å². The van der Waals surface area contributed by atoms with Gasteiger partial charge in [0, 0.05) is 51.2 Å². The summed E-state index contributed by atoms with van der Waals surface area (Å²) < 4.78 is 10.7. The molecule has 0 radical (unpaired) electrons. The van der Waals surface area contributed by atoms with Crippen molar-refractivity contribution in [2.24, 2.45) is 0 Å². The number of pyridine rings is 3. The molecular formula is C23H26ClN7O3. The van der Waals surface area contributed by atoms with E-state index in [9.17, 15) is 4.79 Å². The largest absolute Gasteiger partial charge is 0.495 e. The van der Waals surface area contributed by atoms with Gasteiger partial charge in [-0.1, -0.05) is 11.6 Å². The first-order chi connectivity index (χ1) is 16.6. The first kappa shape index (κ1) is 22.6. The number of ether oxygens (including phenoxy) is 2. The third-order valence-corrected chi connectivity index (χ3v) is 6.27. The first-order valence-corrected chi connectivity index (χ1v) is 11.6. The molecule has 5 rings (SSSR count). The minimum Gasteiger partial charge on any atom is -0.495 e. The Balaban J connectivity index is 1.13. The van der Waals surface area contributed by atoms with Crippen molar-refractivity contribution in [3.8, 4) is 11.5 Å². The van der Waals surface area contributed by atoms with Crippen molar-refractivity contribution in [2.45, 2.75) is 6.54 Å². The smallest absolute Gasteiger partial charge is 0.263 e. The second-order valence-corrected chi connectivity index (χ2v) is 8.60. The number of amides is 1. The number of carbonyl (C=O) groups is 1. The third kappa shape index (κ3) is 4.84. The Morgan fingerprint density at radius 3 is 2.85 bits per heavy atom. The highest BCUT2D eigenvalue weighted by Crippen LogP contribution is 2.34. The van der Waals surface area contributed by atoms with E-state index < -0.39 is 0 Å². The van der Waals surface area contributed by atoms with Crippen LogP contribution in [-0.4, -0.2) is 78.7 Å². The van der Waals surface area contributed by atoms with Crippen molar-refractivity contribution in [1.82, 2.24) is 25.2 Å². The molecule has 34 heavy (non-hydrogen) atoms. The summed E-state index contributed by atoms with van der Waals surface area (Å²) in [6.07, 6.45) is 3.34. The highest BCUT2D eigenvalue weighted by Gasteiger charge is 2.22. The number of rotatable bonds is 7. The minimum atomic E-state index is -0.180. The number of nitrogens with zero attached hydrogens (tertiary/aromatic N) is 5. The van der Waals surface area contributed by atoms with Crippen molar-refractivity contribution in [3.63, 3.8) is 0 Å². The van der Waals surface area contributed by atoms with E-state index >= 15 is 0 Å². The molecule has 0 atom stereocenters. The number of piperazine rings is 1. The molecule has 3 aromatic heterocycles. The van der Waals surface area contributed by atoms with Crippen molar-refractivity contribution < 1.29 is 14.3 Å². The van der Waals surface area contributed by atoms with Crippen molar-refractivity contribution in [2.75, 3.05) is 63.2 Å². The summed E-state index contributed by atoms with van der Waals surface area (Å²) in [4.78, 5) is 29.4. The molecule has 3 aromatic rings. The summed E-state index contributed by atoms with van der Waals surface area (Å²) in [6, 6.07) is 5.70. The monoisotopic (exact) mass is 483 g/mol. The molecule has 11 heteroatoms. The van der Waals surface area contributed by atoms with Gasteiger partial charge in [-0.2, -0.15) is 0 Å². The Kier molecular flexibility index (Phi) is 6.61. The summed E-state index contributed by atoms with van der Waals surface area (Å²) >= 11 is 6.55. The van der Waals surface area contributed by atoms with Crippen LogP contribution in [0, 0.1) is 0 Å². The van der Waals surface area contributed by atoms with Gasteiger partial charge in [0.05, 0.1) is 35.9 Å². The molecule has 2 aliphatic heterocycles. The zero-order valence-electron chi connectivity index (χ0n) is 18.9. The predicted octanol–water partition coefficient (Wildman–Crippen LogP) is 1.93. The number of hydrogen-bond donors (Lipinski definition) is 2. The second kappa shape index (κ2) is 9.96. The molecule has 1 amide bonds. The van der Waals surface area contributed by atoms with Gasteiger partial charge in [0.1, 0.15) is 5.75 Å². The minimum absolute atomic E-state index is 0.0359. The summed E-state index contributed by atoms with van der Waals surface area (Å²) in [5, 5.41) is 7.70. The van der Waals surface area contributed by atoms with Crippen LogP contribution in [-0.2, 0) is 11.3 Å². The molecule has 10 nitrogen and oxygen atoms in total. The zero-order chi connectivity index (χ0) is 23.5. The van der Waals surface area contributed by atoms with Crippen LogP contribution >= 0.6 is 11.6 Å². The summed E-state index contributed by atoms with van der Waals surface area (Å²) in [6.45, 7) is 6.01. The van der Waals surface area contributed by atoms with Crippen LogP contribution < -0.4 is 25.0 Å². The number of methoxy groups -OCH3 is 1. The van der Waals surface area contributed by atoms with E-state index in [1.807, 2.05) is 18.2 Å². The molecule has 0 saturated carbocycles. The lowest BCUT2D eigenvalue weighted by Gasteiger charge is -2.36. The van der Waals surface area contributed by atoms with Crippen LogP contribution in [0.5, 0.6) is 11.5 Å². The summed E-state index contributed by atoms with van der Waals surface area (Å²) in [5.74, 6) is 1.60. The van der Waals surface area contributed by atoms with Gasteiger partial charge < -0.3 is 25.0 Å². The molecule has 1 saturated heterocycles. The van der Waals surface area contributed by atoms with Gasteiger partial charge in [0.2, 0.25) is 0 Å². The average Bonchev–Trinajstić information content (AvgIpc) is 2.86. The fourth-order valence-corrected chi connectivity index (χ4v) is 4.48. The number of hydrogen-bond acceptors (Lipinski definition) is 9. The summed E-state index contributed by atoms with van der Waals surface area (Å²) in [5.41, 5.74) is 2.48. The van der Waals surface area contributed by atoms with E-state index in [0.29, 0.717) is 34.5 Å². The third-order valence-electron chi connectivity index (χ3n) is 5.99.